The number of amides is 1. The fourth-order valence-electron chi connectivity index (χ4n) is 4.17. The van der Waals surface area contributed by atoms with Crippen LogP contribution >= 0.6 is 0 Å². The average molecular weight is 296 g/mol. The topological polar surface area (TPSA) is 55.1 Å². The van der Waals surface area contributed by atoms with Crippen molar-refractivity contribution in [2.24, 2.45) is 22.5 Å². The van der Waals surface area contributed by atoms with Gasteiger partial charge in [-0.2, -0.15) is 0 Å². The molecule has 0 radical (unpaired) electrons. The van der Waals surface area contributed by atoms with Crippen molar-refractivity contribution >= 4 is 5.91 Å². The molecule has 3 heteroatoms. The molecule has 0 aliphatic heterocycles. The van der Waals surface area contributed by atoms with E-state index in [9.17, 15) is 4.79 Å². The number of hydrogen-bond acceptors (Lipinski definition) is 2. The van der Waals surface area contributed by atoms with Crippen LogP contribution in [-0.4, -0.2) is 18.0 Å². The molecular formula is C18H36N2O. The summed E-state index contributed by atoms with van der Waals surface area (Å²) in [6, 6.07) is 0.562. The van der Waals surface area contributed by atoms with Crippen LogP contribution in [0, 0.1) is 16.7 Å². The van der Waals surface area contributed by atoms with Gasteiger partial charge in [0.2, 0.25) is 5.91 Å². The number of carbonyl (C=O) groups excluding carboxylic acids is 1. The summed E-state index contributed by atoms with van der Waals surface area (Å²) in [5, 5.41) is 3.30. The Morgan fingerprint density at radius 1 is 1.14 bits per heavy atom. The summed E-state index contributed by atoms with van der Waals surface area (Å²) < 4.78 is 0. The third kappa shape index (κ3) is 6.82. The van der Waals surface area contributed by atoms with Crippen molar-refractivity contribution in [3.63, 3.8) is 0 Å². The maximum atomic E-state index is 12.4. The largest absolute Gasteiger partial charge is 0.353 e. The maximum Gasteiger partial charge on any atom is 0.223 e. The smallest absolute Gasteiger partial charge is 0.223 e. The minimum Gasteiger partial charge on any atom is -0.353 e. The van der Waals surface area contributed by atoms with Crippen LogP contribution < -0.4 is 11.1 Å². The molecule has 2 unspecified atom stereocenters. The Kier molecular flexibility index (Phi) is 6.27. The van der Waals surface area contributed by atoms with E-state index in [4.69, 9.17) is 5.73 Å². The lowest BCUT2D eigenvalue weighted by atomic mass is 9.63. The normalized spacial score (nSPS) is 24.3. The van der Waals surface area contributed by atoms with E-state index >= 15 is 0 Å². The number of nitrogens with two attached hydrogens (primary N) is 1. The molecule has 1 aliphatic rings. The molecule has 3 nitrogen and oxygen atoms in total. The van der Waals surface area contributed by atoms with Gasteiger partial charge in [-0.1, -0.05) is 41.0 Å². The highest BCUT2D eigenvalue weighted by Gasteiger charge is 2.39. The van der Waals surface area contributed by atoms with Crippen molar-refractivity contribution in [1.82, 2.24) is 5.32 Å². The minimum atomic E-state index is 0.0944. The molecular weight excluding hydrogens is 260 g/mol. The molecule has 1 saturated carbocycles. The molecule has 0 aromatic carbocycles. The number of rotatable bonds is 6. The van der Waals surface area contributed by atoms with E-state index in [1.807, 2.05) is 13.8 Å². The quantitative estimate of drug-likeness (QED) is 0.782. The molecule has 0 aromatic rings. The van der Waals surface area contributed by atoms with Gasteiger partial charge in [0.15, 0.2) is 0 Å². The van der Waals surface area contributed by atoms with E-state index < -0.39 is 0 Å². The molecule has 1 amide bonds. The lowest BCUT2D eigenvalue weighted by molar-refractivity contribution is -0.126. The predicted molar refractivity (Wildman–Crippen MR) is 90.0 cm³/mol. The summed E-state index contributed by atoms with van der Waals surface area (Å²) in [5.74, 6) is 0.315. The highest BCUT2D eigenvalue weighted by Crippen LogP contribution is 2.45. The second-order valence-corrected chi connectivity index (χ2v) is 8.93. The Labute approximate surface area is 131 Å². The summed E-state index contributed by atoms with van der Waals surface area (Å²) in [7, 11) is 0. The molecule has 3 N–H and O–H groups in total. The number of nitrogens with one attached hydrogen (secondary N) is 1. The zero-order valence-electron chi connectivity index (χ0n) is 15.0. The molecule has 124 valence electrons. The summed E-state index contributed by atoms with van der Waals surface area (Å²) in [6.45, 7) is 13.3. The van der Waals surface area contributed by atoms with Crippen molar-refractivity contribution in [2.45, 2.75) is 92.2 Å². The second-order valence-electron chi connectivity index (χ2n) is 8.93. The van der Waals surface area contributed by atoms with Crippen molar-refractivity contribution in [3.8, 4) is 0 Å². The van der Waals surface area contributed by atoms with Gasteiger partial charge in [0.25, 0.3) is 0 Å². The zero-order valence-corrected chi connectivity index (χ0v) is 15.0. The molecule has 1 rings (SSSR count). The first kappa shape index (κ1) is 18.5. The van der Waals surface area contributed by atoms with Crippen LogP contribution in [-0.2, 0) is 4.79 Å². The van der Waals surface area contributed by atoms with Gasteiger partial charge in [0.1, 0.15) is 0 Å². The molecule has 1 aliphatic carbocycles. The second kappa shape index (κ2) is 7.13. The van der Waals surface area contributed by atoms with Gasteiger partial charge in [-0.05, 0) is 49.9 Å². The van der Waals surface area contributed by atoms with Crippen LogP contribution in [0.3, 0.4) is 0 Å². The monoisotopic (exact) mass is 296 g/mol. The number of carbonyl (C=O) groups is 1. The molecule has 0 saturated heterocycles. The SMILES string of the molecule is CC(N)CCCC(C)C(=O)NC1CC(C)(C)CC(C)(C)C1. The molecule has 21 heavy (non-hydrogen) atoms. The van der Waals surface area contributed by atoms with E-state index in [2.05, 4.69) is 33.0 Å². The maximum absolute atomic E-state index is 12.4. The van der Waals surface area contributed by atoms with Gasteiger partial charge in [-0.25, -0.2) is 0 Å². The highest BCUT2D eigenvalue weighted by atomic mass is 16.1. The van der Waals surface area contributed by atoms with Crippen LogP contribution in [0.25, 0.3) is 0 Å². The van der Waals surface area contributed by atoms with Crippen LogP contribution in [0.15, 0.2) is 0 Å². The third-order valence-corrected chi connectivity index (χ3v) is 4.65. The standard InChI is InChI=1S/C18H36N2O/c1-13(8-7-9-14(2)19)16(21)20-15-10-17(3,4)12-18(5,6)11-15/h13-15H,7-12,19H2,1-6H3,(H,20,21). The Morgan fingerprint density at radius 3 is 2.14 bits per heavy atom. The van der Waals surface area contributed by atoms with E-state index in [-0.39, 0.29) is 17.9 Å². The highest BCUT2D eigenvalue weighted by molar-refractivity contribution is 5.78. The average Bonchev–Trinajstić information content (AvgIpc) is 2.23. The van der Waals surface area contributed by atoms with Crippen LogP contribution in [0.4, 0.5) is 0 Å². The van der Waals surface area contributed by atoms with Gasteiger partial charge < -0.3 is 11.1 Å². The first-order valence-corrected chi connectivity index (χ1v) is 8.57. The lowest BCUT2D eigenvalue weighted by Crippen LogP contribution is -2.47. The molecule has 0 bridgehead atoms. The van der Waals surface area contributed by atoms with Gasteiger partial charge in [0.05, 0.1) is 0 Å². The van der Waals surface area contributed by atoms with E-state index in [1.54, 1.807) is 0 Å². The van der Waals surface area contributed by atoms with Gasteiger partial charge in [-0.3, -0.25) is 4.79 Å². The molecule has 1 fully saturated rings. The van der Waals surface area contributed by atoms with Crippen molar-refractivity contribution in [3.05, 3.63) is 0 Å². The Morgan fingerprint density at radius 2 is 1.67 bits per heavy atom. The Balaban J connectivity index is 2.46. The Hall–Kier alpha value is -0.570. The predicted octanol–water partition coefficient (Wildman–Crippen LogP) is 3.86. The molecule has 2 atom stereocenters. The van der Waals surface area contributed by atoms with Gasteiger partial charge in [-0.15, -0.1) is 0 Å². The van der Waals surface area contributed by atoms with Gasteiger partial charge in [0, 0.05) is 18.0 Å². The summed E-state index contributed by atoms with van der Waals surface area (Å²) in [6.07, 6.45) is 6.39. The summed E-state index contributed by atoms with van der Waals surface area (Å²) in [5.41, 5.74) is 6.40. The van der Waals surface area contributed by atoms with Crippen molar-refractivity contribution in [1.29, 1.82) is 0 Å². The number of hydrogen-bond donors (Lipinski definition) is 2. The third-order valence-electron chi connectivity index (χ3n) is 4.65. The minimum absolute atomic E-state index is 0.0944. The summed E-state index contributed by atoms with van der Waals surface area (Å²) in [4.78, 5) is 12.4. The Bertz CT molecular complexity index is 331. The fourth-order valence-corrected chi connectivity index (χ4v) is 4.17. The van der Waals surface area contributed by atoms with Crippen LogP contribution in [0.2, 0.25) is 0 Å². The van der Waals surface area contributed by atoms with Crippen molar-refractivity contribution < 1.29 is 4.79 Å². The van der Waals surface area contributed by atoms with E-state index in [1.165, 1.54) is 6.42 Å². The fraction of sp³-hybridized carbons (Fsp3) is 0.944. The van der Waals surface area contributed by atoms with E-state index in [0.717, 1.165) is 32.1 Å². The van der Waals surface area contributed by atoms with Gasteiger partial charge >= 0.3 is 0 Å². The van der Waals surface area contributed by atoms with Crippen molar-refractivity contribution in [2.75, 3.05) is 0 Å². The summed E-state index contributed by atoms with van der Waals surface area (Å²) >= 11 is 0. The molecule has 0 heterocycles. The zero-order chi connectivity index (χ0) is 16.3. The van der Waals surface area contributed by atoms with E-state index in [0.29, 0.717) is 16.9 Å². The first-order chi connectivity index (χ1) is 9.51. The van der Waals surface area contributed by atoms with Crippen LogP contribution in [0.5, 0.6) is 0 Å². The molecule has 0 spiro atoms. The first-order valence-electron chi connectivity index (χ1n) is 8.57. The lowest BCUT2D eigenvalue weighted by Gasteiger charge is -2.45. The van der Waals surface area contributed by atoms with Crippen LogP contribution in [0.1, 0.15) is 80.1 Å². The molecule has 0 aromatic heterocycles.